The summed E-state index contributed by atoms with van der Waals surface area (Å²) in [5.74, 6) is -0.276. The van der Waals surface area contributed by atoms with Crippen molar-refractivity contribution in [2.45, 2.75) is 52.1 Å². The molecule has 4 nitrogen and oxygen atoms in total. The van der Waals surface area contributed by atoms with Gasteiger partial charge in [-0.25, -0.2) is 0 Å². The third-order valence-corrected chi connectivity index (χ3v) is 4.11. The second kappa shape index (κ2) is 4.09. The van der Waals surface area contributed by atoms with E-state index in [0.717, 1.165) is 19.3 Å². The fourth-order valence-corrected chi connectivity index (χ4v) is 3.57. The highest BCUT2D eigenvalue weighted by Crippen LogP contribution is 2.49. The molecule has 0 radical (unpaired) electrons. The maximum atomic E-state index is 11.9. The van der Waals surface area contributed by atoms with Crippen LogP contribution in [0, 0.1) is 11.3 Å². The first-order valence-electron chi connectivity index (χ1n) is 6.36. The molecule has 0 aromatic heterocycles. The fourth-order valence-electron chi connectivity index (χ4n) is 3.57. The zero-order chi connectivity index (χ0) is 12.7. The molecular weight excluding hydrogens is 218 g/mol. The van der Waals surface area contributed by atoms with Crippen molar-refractivity contribution in [1.82, 2.24) is 5.32 Å². The van der Waals surface area contributed by atoms with E-state index in [1.165, 1.54) is 0 Å². The fraction of sp³-hybridized carbons (Fsp3) is 0.846. The molecule has 2 fully saturated rings. The lowest BCUT2D eigenvalue weighted by Crippen LogP contribution is -2.56. The Bertz CT molecular complexity index is 351. The normalized spacial score (nSPS) is 37.0. The van der Waals surface area contributed by atoms with Crippen molar-refractivity contribution in [2.75, 3.05) is 6.61 Å². The summed E-state index contributed by atoms with van der Waals surface area (Å²) in [4.78, 5) is 23.6. The van der Waals surface area contributed by atoms with Crippen LogP contribution in [0.4, 0.5) is 0 Å². The predicted molar refractivity (Wildman–Crippen MR) is 63.2 cm³/mol. The Hall–Kier alpha value is -0.900. The quantitative estimate of drug-likeness (QED) is 0.708. The standard InChI is InChI=1S/C13H21NO3/c1-4-9-11(16)14-10(15)7-13(9)5-6-17-12(2,3)8-13/h9H,4-8H2,1-3H3,(H,14,15,16). The predicted octanol–water partition coefficient (Wildman–Crippen LogP) is 1.63. The van der Waals surface area contributed by atoms with Gasteiger partial charge in [0.2, 0.25) is 11.8 Å². The first kappa shape index (κ1) is 12.6. The number of imide groups is 1. The van der Waals surface area contributed by atoms with E-state index in [2.05, 4.69) is 5.32 Å². The van der Waals surface area contributed by atoms with Crippen molar-refractivity contribution in [3.63, 3.8) is 0 Å². The molecular formula is C13H21NO3. The number of carbonyl (C=O) groups is 2. The van der Waals surface area contributed by atoms with Crippen LogP contribution in [0.1, 0.15) is 46.5 Å². The number of amides is 2. The molecule has 0 bridgehead atoms. The van der Waals surface area contributed by atoms with E-state index < -0.39 is 0 Å². The molecule has 0 aromatic rings. The number of ether oxygens (including phenoxy) is 1. The maximum absolute atomic E-state index is 11.9. The molecule has 0 aliphatic carbocycles. The van der Waals surface area contributed by atoms with E-state index >= 15 is 0 Å². The Labute approximate surface area is 102 Å². The van der Waals surface area contributed by atoms with Crippen molar-refractivity contribution < 1.29 is 14.3 Å². The van der Waals surface area contributed by atoms with E-state index in [-0.39, 0.29) is 28.7 Å². The Balaban J connectivity index is 2.31. The largest absolute Gasteiger partial charge is 0.376 e. The molecule has 96 valence electrons. The summed E-state index contributed by atoms with van der Waals surface area (Å²) >= 11 is 0. The molecule has 2 unspecified atom stereocenters. The van der Waals surface area contributed by atoms with Crippen molar-refractivity contribution in [3.05, 3.63) is 0 Å². The van der Waals surface area contributed by atoms with Gasteiger partial charge in [-0.15, -0.1) is 0 Å². The molecule has 2 aliphatic rings. The highest BCUT2D eigenvalue weighted by molar-refractivity contribution is 5.99. The van der Waals surface area contributed by atoms with Gasteiger partial charge in [0.1, 0.15) is 0 Å². The molecule has 2 saturated heterocycles. The molecule has 2 heterocycles. The van der Waals surface area contributed by atoms with Crippen LogP contribution in [0.3, 0.4) is 0 Å². The minimum absolute atomic E-state index is 0.0524. The summed E-state index contributed by atoms with van der Waals surface area (Å²) in [5.41, 5.74) is -0.417. The smallest absolute Gasteiger partial charge is 0.230 e. The number of nitrogens with one attached hydrogen (secondary N) is 1. The second-order valence-electron chi connectivity index (χ2n) is 5.95. The number of carbonyl (C=O) groups excluding carboxylic acids is 2. The van der Waals surface area contributed by atoms with Crippen molar-refractivity contribution in [2.24, 2.45) is 11.3 Å². The molecule has 4 heteroatoms. The van der Waals surface area contributed by atoms with E-state index in [9.17, 15) is 9.59 Å². The summed E-state index contributed by atoms with van der Waals surface area (Å²) in [7, 11) is 0. The van der Waals surface area contributed by atoms with Gasteiger partial charge in [0.05, 0.1) is 5.60 Å². The Morgan fingerprint density at radius 3 is 2.71 bits per heavy atom. The van der Waals surface area contributed by atoms with Gasteiger partial charge in [-0.1, -0.05) is 6.92 Å². The molecule has 0 aromatic carbocycles. The van der Waals surface area contributed by atoms with E-state index in [4.69, 9.17) is 4.74 Å². The van der Waals surface area contributed by atoms with Crippen molar-refractivity contribution in [3.8, 4) is 0 Å². The lowest BCUT2D eigenvalue weighted by molar-refractivity contribution is -0.161. The zero-order valence-electron chi connectivity index (χ0n) is 10.8. The van der Waals surface area contributed by atoms with Crippen LogP contribution in [0.25, 0.3) is 0 Å². The maximum Gasteiger partial charge on any atom is 0.230 e. The lowest BCUT2D eigenvalue weighted by atomic mass is 9.61. The highest BCUT2D eigenvalue weighted by atomic mass is 16.5. The van der Waals surface area contributed by atoms with Crippen LogP contribution in [-0.2, 0) is 14.3 Å². The van der Waals surface area contributed by atoms with Crippen LogP contribution in [0.15, 0.2) is 0 Å². The molecule has 1 N–H and O–H groups in total. The summed E-state index contributed by atoms with van der Waals surface area (Å²) in [6.45, 7) is 6.74. The Morgan fingerprint density at radius 2 is 2.12 bits per heavy atom. The van der Waals surface area contributed by atoms with Crippen LogP contribution in [-0.4, -0.2) is 24.0 Å². The highest BCUT2D eigenvalue weighted by Gasteiger charge is 2.51. The molecule has 2 amide bonds. The van der Waals surface area contributed by atoms with Crippen LogP contribution in [0.2, 0.25) is 0 Å². The second-order valence-corrected chi connectivity index (χ2v) is 5.95. The summed E-state index contributed by atoms with van der Waals surface area (Å²) in [6.07, 6.45) is 2.85. The average Bonchev–Trinajstić information content (AvgIpc) is 2.14. The van der Waals surface area contributed by atoms with E-state index in [1.807, 2.05) is 20.8 Å². The van der Waals surface area contributed by atoms with Gasteiger partial charge in [0, 0.05) is 18.9 Å². The van der Waals surface area contributed by atoms with Crippen molar-refractivity contribution in [1.29, 1.82) is 0 Å². The van der Waals surface area contributed by atoms with Gasteiger partial charge in [0.25, 0.3) is 0 Å². The topological polar surface area (TPSA) is 55.4 Å². The third-order valence-electron chi connectivity index (χ3n) is 4.11. The van der Waals surface area contributed by atoms with E-state index in [1.54, 1.807) is 0 Å². The Morgan fingerprint density at radius 1 is 1.41 bits per heavy atom. The number of hydrogen-bond acceptors (Lipinski definition) is 3. The minimum atomic E-state index is -0.233. The molecule has 0 saturated carbocycles. The van der Waals surface area contributed by atoms with Gasteiger partial charge < -0.3 is 4.74 Å². The van der Waals surface area contributed by atoms with Crippen LogP contribution < -0.4 is 5.32 Å². The van der Waals surface area contributed by atoms with Gasteiger partial charge in [0.15, 0.2) is 0 Å². The zero-order valence-corrected chi connectivity index (χ0v) is 10.8. The number of hydrogen-bond donors (Lipinski definition) is 1. The summed E-state index contributed by atoms with van der Waals surface area (Å²) in [6, 6.07) is 0. The van der Waals surface area contributed by atoms with Crippen LogP contribution >= 0.6 is 0 Å². The third kappa shape index (κ3) is 2.23. The molecule has 17 heavy (non-hydrogen) atoms. The average molecular weight is 239 g/mol. The summed E-state index contributed by atoms with van der Waals surface area (Å²) < 4.78 is 5.71. The van der Waals surface area contributed by atoms with Gasteiger partial charge in [-0.3, -0.25) is 14.9 Å². The van der Waals surface area contributed by atoms with Gasteiger partial charge >= 0.3 is 0 Å². The van der Waals surface area contributed by atoms with Crippen molar-refractivity contribution >= 4 is 11.8 Å². The van der Waals surface area contributed by atoms with Gasteiger partial charge in [-0.05, 0) is 38.5 Å². The molecule has 2 atom stereocenters. The Kier molecular flexibility index (Phi) is 3.02. The number of piperidine rings is 1. The molecule has 2 rings (SSSR count). The lowest BCUT2D eigenvalue weighted by Gasteiger charge is -2.50. The van der Waals surface area contributed by atoms with Gasteiger partial charge in [-0.2, -0.15) is 0 Å². The molecule has 2 aliphatic heterocycles. The number of rotatable bonds is 1. The summed E-state index contributed by atoms with van der Waals surface area (Å²) in [5, 5.41) is 2.46. The minimum Gasteiger partial charge on any atom is -0.376 e. The van der Waals surface area contributed by atoms with Crippen LogP contribution in [0.5, 0.6) is 0 Å². The first-order valence-corrected chi connectivity index (χ1v) is 6.36. The van der Waals surface area contributed by atoms with E-state index in [0.29, 0.717) is 13.0 Å². The first-order chi connectivity index (χ1) is 7.88. The SMILES string of the molecule is CCC1C(=O)NC(=O)CC12CCOC(C)(C)C2. The molecule has 1 spiro atoms. The monoisotopic (exact) mass is 239 g/mol.